The molecule has 0 aliphatic rings. The van der Waals surface area contributed by atoms with Gasteiger partial charge in [-0.15, -0.1) is 0 Å². The van der Waals surface area contributed by atoms with Crippen molar-refractivity contribution in [1.29, 1.82) is 0 Å². The standard InChI is InChI=1S/C10H11N3O/c1-14-8-9-3-4-10(11-7-9)13-6-2-5-12-13/h2-7H,8H2,1H3. The summed E-state index contributed by atoms with van der Waals surface area (Å²) in [5.41, 5.74) is 1.06. The van der Waals surface area contributed by atoms with Crippen molar-refractivity contribution in [2.75, 3.05) is 7.11 Å². The van der Waals surface area contributed by atoms with Gasteiger partial charge in [-0.05, 0) is 17.7 Å². The van der Waals surface area contributed by atoms with Crippen molar-refractivity contribution in [3.8, 4) is 5.82 Å². The molecule has 0 aromatic carbocycles. The summed E-state index contributed by atoms with van der Waals surface area (Å²) in [6.07, 6.45) is 5.38. The van der Waals surface area contributed by atoms with Crippen molar-refractivity contribution in [2.45, 2.75) is 6.61 Å². The monoisotopic (exact) mass is 189 g/mol. The summed E-state index contributed by atoms with van der Waals surface area (Å²) in [7, 11) is 1.67. The molecule has 0 saturated carbocycles. The Morgan fingerprint density at radius 1 is 1.43 bits per heavy atom. The van der Waals surface area contributed by atoms with Crippen molar-refractivity contribution in [3.63, 3.8) is 0 Å². The number of aromatic nitrogens is 3. The van der Waals surface area contributed by atoms with Gasteiger partial charge in [0.1, 0.15) is 0 Å². The van der Waals surface area contributed by atoms with E-state index in [2.05, 4.69) is 10.1 Å². The summed E-state index contributed by atoms with van der Waals surface area (Å²) in [4.78, 5) is 4.26. The van der Waals surface area contributed by atoms with E-state index in [1.54, 1.807) is 24.2 Å². The van der Waals surface area contributed by atoms with Crippen molar-refractivity contribution >= 4 is 0 Å². The van der Waals surface area contributed by atoms with Crippen LogP contribution in [0, 0.1) is 0 Å². The maximum atomic E-state index is 5.00. The second-order valence-corrected chi connectivity index (χ2v) is 2.91. The lowest BCUT2D eigenvalue weighted by Crippen LogP contribution is -1.98. The zero-order valence-electron chi connectivity index (χ0n) is 7.92. The maximum Gasteiger partial charge on any atom is 0.153 e. The highest BCUT2D eigenvalue weighted by Crippen LogP contribution is 2.04. The fraction of sp³-hybridized carbons (Fsp3) is 0.200. The smallest absolute Gasteiger partial charge is 0.153 e. The zero-order valence-corrected chi connectivity index (χ0v) is 7.92. The molecule has 0 spiro atoms. The molecular weight excluding hydrogens is 178 g/mol. The molecule has 0 unspecified atom stereocenters. The lowest BCUT2D eigenvalue weighted by atomic mass is 10.3. The lowest BCUT2D eigenvalue weighted by Gasteiger charge is -2.01. The van der Waals surface area contributed by atoms with Crippen LogP contribution in [0.15, 0.2) is 36.8 Å². The molecule has 14 heavy (non-hydrogen) atoms. The summed E-state index contributed by atoms with van der Waals surface area (Å²) < 4.78 is 6.71. The Morgan fingerprint density at radius 2 is 2.36 bits per heavy atom. The van der Waals surface area contributed by atoms with Crippen LogP contribution < -0.4 is 0 Å². The zero-order chi connectivity index (χ0) is 9.80. The van der Waals surface area contributed by atoms with E-state index in [0.717, 1.165) is 11.4 Å². The summed E-state index contributed by atoms with van der Waals surface area (Å²) in [5.74, 6) is 0.815. The van der Waals surface area contributed by atoms with Crippen molar-refractivity contribution in [1.82, 2.24) is 14.8 Å². The van der Waals surface area contributed by atoms with Crippen LogP contribution >= 0.6 is 0 Å². The van der Waals surface area contributed by atoms with Gasteiger partial charge in [0.05, 0.1) is 6.61 Å². The molecule has 0 atom stereocenters. The van der Waals surface area contributed by atoms with E-state index in [4.69, 9.17) is 4.74 Å². The SMILES string of the molecule is COCc1ccc(-n2cccn2)nc1. The molecule has 0 amide bonds. The highest BCUT2D eigenvalue weighted by Gasteiger charge is 1.97. The number of hydrogen-bond donors (Lipinski definition) is 0. The molecule has 0 aliphatic heterocycles. The first-order valence-corrected chi connectivity index (χ1v) is 4.34. The second-order valence-electron chi connectivity index (χ2n) is 2.91. The van der Waals surface area contributed by atoms with Gasteiger partial charge in [0.25, 0.3) is 0 Å². The molecule has 4 heteroatoms. The van der Waals surface area contributed by atoms with Gasteiger partial charge in [0, 0.05) is 25.7 Å². The molecule has 0 bridgehead atoms. The Bertz CT molecular complexity index is 380. The third kappa shape index (κ3) is 1.80. The Hall–Kier alpha value is -1.68. The quantitative estimate of drug-likeness (QED) is 0.733. The van der Waals surface area contributed by atoms with E-state index < -0.39 is 0 Å². The van der Waals surface area contributed by atoms with Gasteiger partial charge in [-0.25, -0.2) is 9.67 Å². The van der Waals surface area contributed by atoms with Crippen LogP contribution in [0.3, 0.4) is 0 Å². The first kappa shape index (κ1) is 8.90. The highest BCUT2D eigenvalue weighted by molar-refractivity contribution is 5.23. The second kappa shape index (κ2) is 4.02. The van der Waals surface area contributed by atoms with E-state index in [0.29, 0.717) is 6.61 Å². The Morgan fingerprint density at radius 3 is 2.93 bits per heavy atom. The fourth-order valence-corrected chi connectivity index (χ4v) is 1.21. The molecule has 0 fully saturated rings. The summed E-state index contributed by atoms with van der Waals surface area (Å²) >= 11 is 0. The molecule has 0 saturated heterocycles. The molecular formula is C10H11N3O. The Labute approximate surface area is 82.2 Å². The van der Waals surface area contributed by atoms with E-state index in [-0.39, 0.29) is 0 Å². The Kier molecular flexibility index (Phi) is 2.55. The molecule has 0 N–H and O–H groups in total. The minimum atomic E-state index is 0.590. The predicted octanol–water partition coefficient (Wildman–Crippen LogP) is 1.41. The average molecular weight is 189 g/mol. The Balaban J connectivity index is 2.22. The first-order valence-electron chi connectivity index (χ1n) is 4.34. The van der Waals surface area contributed by atoms with Crippen LogP contribution in [0.2, 0.25) is 0 Å². The topological polar surface area (TPSA) is 39.9 Å². The third-order valence-electron chi connectivity index (χ3n) is 1.86. The molecule has 0 aliphatic carbocycles. The van der Waals surface area contributed by atoms with E-state index in [1.807, 2.05) is 24.4 Å². The van der Waals surface area contributed by atoms with Gasteiger partial charge in [-0.2, -0.15) is 5.10 Å². The number of pyridine rings is 1. The van der Waals surface area contributed by atoms with Crippen LogP contribution in [0.1, 0.15) is 5.56 Å². The molecule has 0 radical (unpaired) electrons. The minimum Gasteiger partial charge on any atom is -0.380 e. The van der Waals surface area contributed by atoms with Crippen molar-refractivity contribution < 1.29 is 4.74 Å². The number of ether oxygens (including phenoxy) is 1. The van der Waals surface area contributed by atoms with Gasteiger partial charge >= 0.3 is 0 Å². The average Bonchev–Trinajstić information content (AvgIpc) is 2.72. The molecule has 72 valence electrons. The fourth-order valence-electron chi connectivity index (χ4n) is 1.21. The van der Waals surface area contributed by atoms with Gasteiger partial charge < -0.3 is 4.74 Å². The number of methoxy groups -OCH3 is 1. The number of hydrogen-bond acceptors (Lipinski definition) is 3. The van der Waals surface area contributed by atoms with Gasteiger partial charge in [-0.3, -0.25) is 0 Å². The minimum absolute atomic E-state index is 0.590. The molecule has 4 nitrogen and oxygen atoms in total. The van der Waals surface area contributed by atoms with E-state index >= 15 is 0 Å². The lowest BCUT2D eigenvalue weighted by molar-refractivity contribution is 0.184. The molecule has 2 rings (SSSR count). The highest BCUT2D eigenvalue weighted by atomic mass is 16.5. The van der Waals surface area contributed by atoms with E-state index in [1.165, 1.54) is 0 Å². The molecule has 2 heterocycles. The van der Waals surface area contributed by atoms with Crippen LogP contribution in [0.4, 0.5) is 0 Å². The maximum absolute atomic E-state index is 5.00. The van der Waals surface area contributed by atoms with Crippen LogP contribution in [-0.4, -0.2) is 21.9 Å². The van der Waals surface area contributed by atoms with Gasteiger partial charge in [-0.1, -0.05) is 6.07 Å². The van der Waals surface area contributed by atoms with Crippen LogP contribution in [0.25, 0.3) is 5.82 Å². The first-order chi connectivity index (χ1) is 6.90. The number of nitrogens with zero attached hydrogens (tertiary/aromatic N) is 3. The van der Waals surface area contributed by atoms with Crippen molar-refractivity contribution in [2.24, 2.45) is 0 Å². The third-order valence-corrected chi connectivity index (χ3v) is 1.86. The number of rotatable bonds is 3. The molecule has 2 aromatic rings. The normalized spacial score (nSPS) is 10.4. The summed E-state index contributed by atoms with van der Waals surface area (Å²) in [6, 6.07) is 5.76. The summed E-state index contributed by atoms with van der Waals surface area (Å²) in [5, 5.41) is 4.09. The predicted molar refractivity (Wildman–Crippen MR) is 52.1 cm³/mol. The van der Waals surface area contributed by atoms with Crippen LogP contribution in [0.5, 0.6) is 0 Å². The largest absolute Gasteiger partial charge is 0.380 e. The molecule has 2 aromatic heterocycles. The van der Waals surface area contributed by atoms with Crippen molar-refractivity contribution in [3.05, 3.63) is 42.4 Å². The van der Waals surface area contributed by atoms with Gasteiger partial charge in [0.2, 0.25) is 0 Å². The van der Waals surface area contributed by atoms with Gasteiger partial charge in [0.15, 0.2) is 5.82 Å². The van der Waals surface area contributed by atoms with E-state index in [9.17, 15) is 0 Å². The summed E-state index contributed by atoms with van der Waals surface area (Å²) in [6.45, 7) is 0.590. The van der Waals surface area contributed by atoms with Crippen LogP contribution in [-0.2, 0) is 11.3 Å².